The largest absolute Gasteiger partial charge is 0.497 e. The minimum atomic E-state index is -4.20. The van der Waals surface area contributed by atoms with Gasteiger partial charge >= 0.3 is 5.97 Å². The molecular formula is C30H32F2N2O6S2. The smallest absolute Gasteiger partial charge is 0.368 e. The topological polar surface area (TPSA) is 96.4 Å². The Morgan fingerprint density at radius 3 is 2.43 bits per heavy atom. The van der Waals surface area contributed by atoms with Crippen LogP contribution in [-0.4, -0.2) is 49.8 Å². The second kappa shape index (κ2) is 13.6. The lowest BCUT2D eigenvalue weighted by atomic mass is 10.1. The van der Waals surface area contributed by atoms with Gasteiger partial charge in [-0.25, -0.2) is 17.6 Å². The third kappa shape index (κ3) is 6.88. The molecule has 0 fully saturated rings. The van der Waals surface area contributed by atoms with Crippen molar-refractivity contribution in [2.24, 2.45) is 0 Å². The first-order valence-electron chi connectivity index (χ1n) is 13.2. The van der Waals surface area contributed by atoms with E-state index in [9.17, 15) is 22.0 Å². The van der Waals surface area contributed by atoms with Gasteiger partial charge in [0.15, 0.2) is 0 Å². The predicted molar refractivity (Wildman–Crippen MR) is 158 cm³/mol. The van der Waals surface area contributed by atoms with Crippen LogP contribution in [0, 0.1) is 5.82 Å². The number of unbranched alkanes of at least 4 members (excludes halogenated alkanes) is 1. The van der Waals surface area contributed by atoms with Crippen molar-refractivity contribution in [2.45, 2.75) is 48.6 Å². The van der Waals surface area contributed by atoms with Gasteiger partial charge in [0.05, 0.1) is 17.7 Å². The van der Waals surface area contributed by atoms with Crippen LogP contribution in [0.3, 0.4) is 0 Å². The molecule has 1 aliphatic heterocycles. The van der Waals surface area contributed by atoms with Crippen molar-refractivity contribution in [1.29, 1.82) is 0 Å². The number of hydrogen-bond donors (Lipinski definition) is 1. The number of sulfonamides is 1. The van der Waals surface area contributed by atoms with Gasteiger partial charge in [-0.3, -0.25) is 0 Å². The molecule has 42 heavy (non-hydrogen) atoms. The lowest BCUT2D eigenvalue weighted by Crippen LogP contribution is -2.43. The van der Waals surface area contributed by atoms with Crippen LogP contribution in [0.2, 0.25) is 0 Å². The number of methoxy groups -OCH3 is 1. The van der Waals surface area contributed by atoms with Crippen molar-refractivity contribution >= 4 is 39.1 Å². The van der Waals surface area contributed by atoms with Crippen LogP contribution in [0.15, 0.2) is 82.5 Å². The highest BCUT2D eigenvalue weighted by molar-refractivity contribution is 7.98. The van der Waals surface area contributed by atoms with Crippen LogP contribution in [0.1, 0.15) is 31.7 Å². The summed E-state index contributed by atoms with van der Waals surface area (Å²) in [4.78, 5) is 13.2. The van der Waals surface area contributed by atoms with E-state index in [2.05, 4.69) is 0 Å². The molecule has 0 aliphatic carbocycles. The van der Waals surface area contributed by atoms with Crippen molar-refractivity contribution in [3.8, 4) is 11.5 Å². The minimum Gasteiger partial charge on any atom is -0.497 e. The Labute approximate surface area is 248 Å². The Hall–Kier alpha value is -3.61. The lowest BCUT2D eigenvalue weighted by molar-refractivity contribution is -0.134. The zero-order valence-electron chi connectivity index (χ0n) is 23.4. The summed E-state index contributed by atoms with van der Waals surface area (Å²) < 4.78 is 68.8. The first-order valence-corrected chi connectivity index (χ1v) is 15.9. The Kier molecular flexibility index (Phi) is 10.1. The number of nitrogens with zero attached hydrogens (tertiary/aromatic N) is 2. The van der Waals surface area contributed by atoms with E-state index in [1.807, 2.05) is 11.8 Å². The molecule has 0 bridgehead atoms. The normalized spacial score (nSPS) is 16.9. The van der Waals surface area contributed by atoms with Gasteiger partial charge in [-0.05, 0) is 60.7 Å². The number of anilines is 2. The van der Waals surface area contributed by atoms with Gasteiger partial charge in [-0.1, -0.05) is 31.9 Å². The first kappa shape index (κ1) is 31.3. The van der Waals surface area contributed by atoms with Crippen LogP contribution >= 0.6 is 11.8 Å². The molecule has 1 N–H and O–H groups in total. The van der Waals surface area contributed by atoms with E-state index >= 15 is 0 Å². The van der Waals surface area contributed by atoms with E-state index in [0.29, 0.717) is 34.7 Å². The molecule has 3 aromatic carbocycles. The van der Waals surface area contributed by atoms with Gasteiger partial charge in [0.2, 0.25) is 15.9 Å². The highest BCUT2D eigenvalue weighted by Crippen LogP contribution is 2.44. The summed E-state index contributed by atoms with van der Waals surface area (Å²) in [5.41, 5.74) is 1.69. The fourth-order valence-corrected chi connectivity index (χ4v) is 7.12. The third-order valence-electron chi connectivity index (χ3n) is 6.94. The number of thioether (sulfide) groups is 1. The second-order valence-electron chi connectivity index (χ2n) is 9.64. The summed E-state index contributed by atoms with van der Waals surface area (Å²) in [6.07, 6.45) is 4.37. The van der Waals surface area contributed by atoms with Crippen LogP contribution in [0.5, 0.6) is 11.5 Å². The van der Waals surface area contributed by atoms with E-state index in [0.717, 1.165) is 18.4 Å². The number of ether oxygens (including phenoxy) is 2. The third-order valence-corrected chi connectivity index (χ3v) is 9.63. The molecule has 0 saturated heterocycles. The molecule has 1 unspecified atom stereocenters. The molecule has 224 valence electrons. The summed E-state index contributed by atoms with van der Waals surface area (Å²) in [6.45, 7) is 2.39. The zero-order chi connectivity index (χ0) is 30.4. The molecule has 0 saturated carbocycles. The Balaban J connectivity index is 1.93. The van der Waals surface area contributed by atoms with E-state index in [1.54, 1.807) is 55.8 Å². The van der Waals surface area contributed by atoms with Crippen molar-refractivity contribution in [2.75, 3.05) is 24.8 Å². The summed E-state index contributed by atoms with van der Waals surface area (Å²) in [5.74, 6) is -3.15. The van der Waals surface area contributed by atoms with Gasteiger partial charge in [-0.15, -0.1) is 11.8 Å². The molecular weight excluding hydrogens is 586 g/mol. The number of rotatable bonds is 11. The van der Waals surface area contributed by atoms with E-state index < -0.39 is 33.7 Å². The molecule has 4 rings (SSSR count). The molecule has 0 amide bonds. The van der Waals surface area contributed by atoms with Gasteiger partial charge in [0.25, 0.3) is 0 Å². The minimum absolute atomic E-state index is 0.0170. The van der Waals surface area contributed by atoms with E-state index in [4.69, 9.17) is 14.6 Å². The Morgan fingerprint density at radius 2 is 1.83 bits per heavy atom. The number of carboxylic acids is 1. The number of hydrogen-bond acceptors (Lipinski definition) is 7. The molecule has 1 aliphatic rings. The molecule has 0 radical (unpaired) electrons. The fraction of sp³-hybridized carbons (Fsp3) is 0.300. The second-order valence-corrected chi connectivity index (χ2v) is 12.3. The van der Waals surface area contributed by atoms with Crippen LogP contribution in [0.4, 0.5) is 20.2 Å². The number of benzene rings is 3. The number of carboxylic acid groups (broad SMARTS) is 1. The predicted octanol–water partition coefficient (Wildman–Crippen LogP) is 6.73. The van der Waals surface area contributed by atoms with Crippen molar-refractivity contribution < 1.29 is 36.6 Å². The number of halogens is 2. The molecule has 12 heteroatoms. The monoisotopic (exact) mass is 618 g/mol. The summed E-state index contributed by atoms with van der Waals surface area (Å²) in [7, 11) is -2.65. The van der Waals surface area contributed by atoms with E-state index in [-0.39, 0.29) is 23.7 Å². The van der Waals surface area contributed by atoms with Crippen LogP contribution in [0.25, 0.3) is 0 Å². The van der Waals surface area contributed by atoms with E-state index in [1.165, 1.54) is 34.3 Å². The number of carbonyl (C=O) groups is 1. The van der Waals surface area contributed by atoms with Crippen LogP contribution in [-0.2, 0) is 21.4 Å². The average molecular weight is 619 g/mol. The highest BCUT2D eigenvalue weighted by Gasteiger charge is 2.40. The molecule has 0 spiro atoms. The molecule has 8 nitrogen and oxygen atoms in total. The molecule has 0 aromatic heterocycles. The Bertz CT molecular complexity index is 1550. The fourth-order valence-electron chi connectivity index (χ4n) is 4.75. The molecule has 1 atom stereocenters. The number of fused-ring (bicyclic) bond motifs is 1. The van der Waals surface area contributed by atoms with Gasteiger partial charge in [0, 0.05) is 30.9 Å². The average Bonchev–Trinajstić information content (AvgIpc) is 3.07. The quantitative estimate of drug-likeness (QED) is 0.144. The lowest BCUT2D eigenvalue weighted by Gasteiger charge is -2.31. The van der Waals surface area contributed by atoms with Crippen molar-refractivity contribution in [3.05, 3.63) is 84.1 Å². The zero-order valence-corrected chi connectivity index (χ0v) is 25.1. The summed E-state index contributed by atoms with van der Waals surface area (Å²) in [6, 6.07) is 15.4. The number of aliphatic carboxylic acids is 1. The maximum atomic E-state index is 14.5. The standard InChI is InChI=1S/C30H32F2N2O6S2/c1-4-5-6-23-18-33(22-11-9-21(31)10-12-22)26-15-28(41-3)27(40-19-25(32)30(35)36)16-29(26)42(37,38)34(23)17-20-7-13-24(39-2)14-8-20/h7-16,19,23H,4-6,17-18H2,1-3H3,(H,35,36)/b25-19-. The van der Waals surface area contributed by atoms with Crippen LogP contribution < -0.4 is 14.4 Å². The Morgan fingerprint density at radius 1 is 1.14 bits per heavy atom. The van der Waals surface area contributed by atoms with Crippen molar-refractivity contribution in [1.82, 2.24) is 4.31 Å². The summed E-state index contributed by atoms with van der Waals surface area (Å²) in [5, 5.41) is 8.91. The van der Waals surface area contributed by atoms with Crippen molar-refractivity contribution in [3.63, 3.8) is 0 Å². The SMILES string of the molecule is CCCCC1CN(c2ccc(F)cc2)c2cc(SC)c(O/C=C(\F)C(=O)O)cc2S(=O)(=O)N1Cc1ccc(OC)cc1. The first-order chi connectivity index (χ1) is 20.1. The van der Waals surface area contributed by atoms with Gasteiger partial charge in [0.1, 0.15) is 28.5 Å². The van der Waals surface area contributed by atoms with Gasteiger partial charge in [-0.2, -0.15) is 8.70 Å². The van der Waals surface area contributed by atoms with Gasteiger partial charge < -0.3 is 19.5 Å². The maximum Gasteiger partial charge on any atom is 0.368 e. The highest BCUT2D eigenvalue weighted by atomic mass is 32.2. The molecule has 1 heterocycles. The summed E-state index contributed by atoms with van der Waals surface area (Å²) >= 11 is 1.23. The molecule has 3 aromatic rings. The maximum absolute atomic E-state index is 14.5.